The second kappa shape index (κ2) is 9.54. The highest BCUT2D eigenvalue weighted by Gasteiger charge is 2.48. The standard InChI is InChI=1S/C42H26BrN2O/c43-35-18-11-21-41-42(35)34-24-27(22-23-40(34)46-41)44-36-19-9-7-16-30(36)32-25-33-31-17-8-10-20-38(31)45(39(33)26-37(32)44,28-12-3-1-4-13-28)29-14-5-2-6-15-29/h1-26H/q+1. The number of aromatic nitrogens is 1. The fourth-order valence-electron chi connectivity index (χ4n) is 7.82. The van der Waals surface area contributed by atoms with E-state index in [1.807, 2.05) is 12.1 Å². The minimum Gasteiger partial charge on any atom is -0.456 e. The molecule has 0 unspecified atom stereocenters. The molecule has 216 valence electrons. The van der Waals surface area contributed by atoms with Crippen molar-refractivity contribution in [3.8, 4) is 16.8 Å². The zero-order chi connectivity index (χ0) is 30.4. The minimum absolute atomic E-state index is 0.517. The zero-order valence-corrected chi connectivity index (χ0v) is 26.3. The third-order valence-corrected chi connectivity index (χ3v) is 10.3. The molecule has 3 nitrogen and oxygen atoms in total. The molecule has 0 bridgehead atoms. The highest BCUT2D eigenvalue weighted by molar-refractivity contribution is 9.10. The van der Waals surface area contributed by atoms with Gasteiger partial charge in [-0.05, 0) is 48.5 Å². The summed E-state index contributed by atoms with van der Waals surface area (Å²) in [5, 5.41) is 4.67. The molecule has 0 spiro atoms. The van der Waals surface area contributed by atoms with Crippen LogP contribution in [0.1, 0.15) is 0 Å². The van der Waals surface area contributed by atoms with Crippen LogP contribution in [0.3, 0.4) is 0 Å². The molecule has 46 heavy (non-hydrogen) atoms. The Morgan fingerprint density at radius 2 is 1.20 bits per heavy atom. The van der Waals surface area contributed by atoms with Crippen LogP contribution in [0.2, 0.25) is 0 Å². The molecule has 10 rings (SSSR count). The fraction of sp³-hybridized carbons (Fsp3) is 0. The zero-order valence-electron chi connectivity index (χ0n) is 24.7. The van der Waals surface area contributed by atoms with Crippen molar-refractivity contribution >= 4 is 82.4 Å². The maximum Gasteiger partial charge on any atom is 0.158 e. The average Bonchev–Trinajstić information content (AvgIpc) is 3.74. The van der Waals surface area contributed by atoms with Crippen LogP contribution in [0.25, 0.3) is 60.6 Å². The number of fused-ring (bicyclic) bond motifs is 9. The van der Waals surface area contributed by atoms with Crippen LogP contribution in [0.15, 0.2) is 167 Å². The number of halogens is 1. The van der Waals surface area contributed by atoms with Crippen molar-refractivity contribution in [2.75, 3.05) is 0 Å². The second-order valence-electron chi connectivity index (χ2n) is 12.0. The highest BCUT2D eigenvalue weighted by atomic mass is 79.9. The first-order valence-corrected chi connectivity index (χ1v) is 16.3. The highest BCUT2D eigenvalue weighted by Crippen LogP contribution is 2.63. The Labute approximate surface area is 273 Å². The van der Waals surface area contributed by atoms with Crippen molar-refractivity contribution in [3.63, 3.8) is 0 Å². The molecule has 2 aromatic heterocycles. The molecule has 1 aliphatic heterocycles. The molecule has 1 aliphatic rings. The van der Waals surface area contributed by atoms with E-state index in [0.717, 1.165) is 32.1 Å². The summed E-state index contributed by atoms with van der Waals surface area (Å²) in [7, 11) is 0. The van der Waals surface area contributed by atoms with E-state index in [9.17, 15) is 0 Å². The topological polar surface area (TPSA) is 18.1 Å². The number of para-hydroxylation sites is 4. The van der Waals surface area contributed by atoms with Crippen molar-refractivity contribution in [3.05, 3.63) is 162 Å². The summed E-state index contributed by atoms with van der Waals surface area (Å²) in [6, 6.07) is 57.1. The molecular formula is C42H26BrN2O+. The first-order valence-electron chi connectivity index (χ1n) is 15.5. The number of benzene rings is 7. The van der Waals surface area contributed by atoms with Gasteiger partial charge in [-0.25, -0.2) is 0 Å². The molecule has 0 radical (unpaired) electrons. The number of quaternary nitrogens is 1. The quantitative estimate of drug-likeness (QED) is 0.173. The molecule has 0 aliphatic carbocycles. The molecule has 0 atom stereocenters. The van der Waals surface area contributed by atoms with Crippen molar-refractivity contribution in [1.29, 1.82) is 0 Å². The van der Waals surface area contributed by atoms with Gasteiger partial charge in [-0.1, -0.05) is 88.7 Å². The van der Waals surface area contributed by atoms with Gasteiger partial charge in [0.25, 0.3) is 0 Å². The summed E-state index contributed by atoms with van der Waals surface area (Å²) in [6.45, 7) is 0. The summed E-state index contributed by atoms with van der Waals surface area (Å²) < 4.78 is 10.2. The first-order chi connectivity index (χ1) is 22.7. The SMILES string of the molecule is Brc1cccc2oc3ccc(-n4c5ccccc5c5cc6c(cc54)[N+](c4ccccc4)(c4ccccc4)c4ccccc4-6)cc3c12. The van der Waals surface area contributed by atoms with Crippen molar-refractivity contribution < 1.29 is 4.42 Å². The van der Waals surface area contributed by atoms with Crippen LogP contribution >= 0.6 is 15.9 Å². The van der Waals surface area contributed by atoms with E-state index in [2.05, 4.69) is 166 Å². The second-order valence-corrected chi connectivity index (χ2v) is 12.8. The Morgan fingerprint density at radius 3 is 2.00 bits per heavy atom. The lowest BCUT2D eigenvalue weighted by Gasteiger charge is -2.34. The normalized spacial score (nSPS) is 13.5. The summed E-state index contributed by atoms with van der Waals surface area (Å²) in [5.74, 6) is 0. The van der Waals surface area contributed by atoms with E-state index in [0.29, 0.717) is 4.48 Å². The van der Waals surface area contributed by atoms with Gasteiger partial charge in [0.15, 0.2) is 11.4 Å². The van der Waals surface area contributed by atoms with Crippen LogP contribution in [0.4, 0.5) is 22.7 Å². The van der Waals surface area contributed by atoms with Gasteiger partial charge in [0, 0.05) is 68.1 Å². The van der Waals surface area contributed by atoms with E-state index in [1.54, 1.807) is 0 Å². The number of hydrogen-bond acceptors (Lipinski definition) is 1. The lowest BCUT2D eigenvalue weighted by Crippen LogP contribution is -2.31. The van der Waals surface area contributed by atoms with E-state index in [-0.39, 0.29) is 0 Å². The monoisotopic (exact) mass is 653 g/mol. The smallest absolute Gasteiger partial charge is 0.158 e. The summed E-state index contributed by atoms with van der Waals surface area (Å²) in [6.07, 6.45) is 0. The Balaban J connectivity index is 1.35. The molecule has 0 N–H and O–H groups in total. The number of furan rings is 1. The van der Waals surface area contributed by atoms with Gasteiger partial charge in [-0.2, -0.15) is 4.48 Å². The Bertz CT molecular complexity index is 2610. The molecule has 7 aromatic carbocycles. The summed E-state index contributed by atoms with van der Waals surface area (Å²) >= 11 is 3.79. The van der Waals surface area contributed by atoms with Gasteiger partial charge < -0.3 is 8.98 Å². The van der Waals surface area contributed by atoms with E-state index < -0.39 is 0 Å². The Morgan fingerprint density at radius 1 is 0.478 bits per heavy atom. The number of hydrogen-bond donors (Lipinski definition) is 0. The molecule has 4 heteroatoms. The van der Waals surface area contributed by atoms with Gasteiger partial charge in [0.05, 0.1) is 22.2 Å². The molecule has 0 saturated heterocycles. The van der Waals surface area contributed by atoms with E-state index in [4.69, 9.17) is 4.42 Å². The number of nitrogens with zero attached hydrogens (tertiary/aromatic N) is 2. The summed E-state index contributed by atoms with van der Waals surface area (Å²) in [4.78, 5) is 0. The van der Waals surface area contributed by atoms with Crippen LogP contribution in [-0.2, 0) is 0 Å². The molecule has 3 heterocycles. The molecular weight excluding hydrogens is 628 g/mol. The predicted octanol–water partition coefficient (Wildman–Crippen LogP) is 12.7. The lowest BCUT2D eigenvalue weighted by atomic mass is 10.0. The van der Waals surface area contributed by atoms with Gasteiger partial charge >= 0.3 is 0 Å². The van der Waals surface area contributed by atoms with Gasteiger partial charge in [0.2, 0.25) is 0 Å². The average molecular weight is 655 g/mol. The fourth-order valence-corrected chi connectivity index (χ4v) is 8.38. The molecule has 0 fully saturated rings. The van der Waals surface area contributed by atoms with Gasteiger partial charge in [0.1, 0.15) is 22.5 Å². The van der Waals surface area contributed by atoms with E-state index >= 15 is 0 Å². The maximum atomic E-state index is 6.26. The van der Waals surface area contributed by atoms with Crippen LogP contribution < -0.4 is 4.48 Å². The van der Waals surface area contributed by atoms with Crippen molar-refractivity contribution in [2.45, 2.75) is 0 Å². The summed E-state index contributed by atoms with van der Waals surface area (Å²) in [5.41, 5.74) is 12.7. The Kier molecular flexibility index (Phi) is 5.36. The Hall–Kier alpha value is -5.42. The molecule has 0 amide bonds. The third kappa shape index (κ3) is 3.35. The van der Waals surface area contributed by atoms with Gasteiger partial charge in [-0.3, -0.25) is 0 Å². The van der Waals surface area contributed by atoms with Crippen LogP contribution in [0.5, 0.6) is 0 Å². The molecule has 9 aromatic rings. The maximum absolute atomic E-state index is 6.26. The number of rotatable bonds is 3. The van der Waals surface area contributed by atoms with Crippen LogP contribution in [-0.4, -0.2) is 4.57 Å². The van der Waals surface area contributed by atoms with Crippen LogP contribution in [0, 0.1) is 0 Å². The minimum atomic E-state index is 0.517. The van der Waals surface area contributed by atoms with E-state index in [1.165, 1.54) is 55.7 Å². The van der Waals surface area contributed by atoms with Crippen molar-refractivity contribution in [2.24, 2.45) is 0 Å². The molecule has 0 saturated carbocycles. The third-order valence-electron chi connectivity index (χ3n) is 9.68. The van der Waals surface area contributed by atoms with Gasteiger partial charge in [-0.15, -0.1) is 0 Å². The lowest BCUT2D eigenvalue weighted by molar-refractivity contribution is 0.669. The van der Waals surface area contributed by atoms with Crippen molar-refractivity contribution in [1.82, 2.24) is 9.05 Å². The predicted molar refractivity (Wildman–Crippen MR) is 195 cm³/mol. The first kappa shape index (κ1) is 25.9. The largest absolute Gasteiger partial charge is 0.456 e.